The van der Waals surface area contributed by atoms with E-state index < -0.39 is 0 Å². The molecule has 12 heavy (non-hydrogen) atoms. The van der Waals surface area contributed by atoms with Gasteiger partial charge in [0, 0.05) is 0 Å². The highest BCUT2D eigenvalue weighted by Gasteiger charge is 1.99. The van der Waals surface area contributed by atoms with E-state index in [9.17, 15) is 0 Å². The highest BCUT2D eigenvalue weighted by Crippen LogP contribution is 2.15. The van der Waals surface area contributed by atoms with Gasteiger partial charge in [-0.3, -0.25) is 0 Å². The van der Waals surface area contributed by atoms with Crippen LogP contribution in [-0.4, -0.2) is 0 Å². The van der Waals surface area contributed by atoms with Gasteiger partial charge < -0.3 is 4.74 Å². The fraction of sp³-hybridized carbons (Fsp3) is 0.111. The fourth-order valence-corrected chi connectivity index (χ4v) is 0.838. The van der Waals surface area contributed by atoms with E-state index in [1.54, 1.807) is 24.5 Å². The SMILES string of the molecule is Cc1ccc(OC#N)cc1C#N. The summed E-state index contributed by atoms with van der Waals surface area (Å²) in [4.78, 5) is 0. The zero-order valence-corrected chi connectivity index (χ0v) is 6.53. The number of rotatable bonds is 1. The minimum Gasteiger partial charge on any atom is -0.388 e. The van der Waals surface area contributed by atoms with E-state index in [0.717, 1.165) is 5.56 Å². The first kappa shape index (κ1) is 8.10. The van der Waals surface area contributed by atoms with Crippen LogP contribution in [0, 0.1) is 29.8 Å². The van der Waals surface area contributed by atoms with E-state index in [-0.39, 0.29) is 0 Å². The Kier molecular flexibility index (Phi) is 2.30. The molecule has 0 saturated carbocycles. The molecule has 0 bridgehead atoms. The molecule has 0 unspecified atom stereocenters. The van der Waals surface area contributed by atoms with Gasteiger partial charge in [0.1, 0.15) is 5.75 Å². The van der Waals surface area contributed by atoms with Crippen LogP contribution in [0.1, 0.15) is 11.1 Å². The van der Waals surface area contributed by atoms with Gasteiger partial charge in [-0.1, -0.05) is 6.07 Å². The molecule has 58 valence electrons. The van der Waals surface area contributed by atoms with Gasteiger partial charge in [0.2, 0.25) is 0 Å². The molecule has 0 N–H and O–H groups in total. The van der Waals surface area contributed by atoms with Crippen molar-refractivity contribution in [3.05, 3.63) is 29.3 Å². The molecule has 0 saturated heterocycles. The summed E-state index contributed by atoms with van der Waals surface area (Å²) in [7, 11) is 0. The van der Waals surface area contributed by atoms with E-state index in [0.29, 0.717) is 11.3 Å². The minimum absolute atomic E-state index is 0.402. The standard InChI is InChI=1S/C9H6N2O/c1-7-2-3-9(12-6-11)4-8(7)5-10/h2-4H,1H3. The second kappa shape index (κ2) is 3.41. The molecular weight excluding hydrogens is 152 g/mol. The molecule has 3 nitrogen and oxygen atoms in total. The van der Waals surface area contributed by atoms with Gasteiger partial charge in [-0.05, 0) is 24.6 Å². The molecule has 0 heterocycles. The quantitative estimate of drug-likeness (QED) is 0.585. The molecule has 1 rings (SSSR count). The van der Waals surface area contributed by atoms with Crippen LogP contribution in [0.4, 0.5) is 0 Å². The van der Waals surface area contributed by atoms with Gasteiger partial charge in [0.15, 0.2) is 0 Å². The lowest BCUT2D eigenvalue weighted by Gasteiger charge is -1.98. The number of nitrogens with zero attached hydrogens (tertiary/aromatic N) is 2. The smallest absolute Gasteiger partial charge is 0.292 e. The van der Waals surface area contributed by atoms with Crippen LogP contribution in [0.5, 0.6) is 5.75 Å². The number of hydrogen-bond acceptors (Lipinski definition) is 3. The Bertz CT molecular complexity index is 371. The number of benzene rings is 1. The second-order valence-electron chi connectivity index (χ2n) is 2.28. The molecular formula is C9H6N2O. The zero-order valence-electron chi connectivity index (χ0n) is 6.53. The largest absolute Gasteiger partial charge is 0.388 e. The first-order valence-corrected chi connectivity index (χ1v) is 3.34. The Labute approximate surface area is 70.4 Å². The van der Waals surface area contributed by atoms with Gasteiger partial charge >= 0.3 is 0 Å². The summed E-state index contributed by atoms with van der Waals surface area (Å²) in [6, 6.07) is 6.94. The van der Waals surface area contributed by atoms with Crippen LogP contribution in [0.25, 0.3) is 0 Å². The van der Waals surface area contributed by atoms with Gasteiger partial charge in [-0.15, -0.1) is 5.26 Å². The molecule has 0 radical (unpaired) electrons. The predicted octanol–water partition coefficient (Wildman–Crippen LogP) is 1.73. The zero-order chi connectivity index (χ0) is 8.97. The molecule has 1 aromatic carbocycles. The molecule has 0 aliphatic carbocycles. The first-order valence-electron chi connectivity index (χ1n) is 3.34. The maximum Gasteiger partial charge on any atom is 0.292 e. The van der Waals surface area contributed by atoms with E-state index in [4.69, 9.17) is 10.5 Å². The van der Waals surface area contributed by atoms with Crippen molar-refractivity contribution in [3.63, 3.8) is 0 Å². The molecule has 1 aromatic rings. The second-order valence-corrected chi connectivity index (χ2v) is 2.28. The fourth-order valence-electron chi connectivity index (χ4n) is 0.838. The number of aryl methyl sites for hydroxylation is 1. The lowest BCUT2D eigenvalue weighted by atomic mass is 10.1. The normalized spacial score (nSPS) is 8.25. The van der Waals surface area contributed by atoms with Crippen molar-refractivity contribution >= 4 is 0 Å². The first-order chi connectivity index (χ1) is 5.77. The summed E-state index contributed by atoms with van der Waals surface area (Å²) < 4.78 is 4.56. The summed E-state index contributed by atoms with van der Waals surface area (Å²) in [5, 5.41) is 16.8. The molecule has 0 amide bonds. The van der Waals surface area contributed by atoms with Crippen LogP contribution < -0.4 is 4.74 Å². The average molecular weight is 158 g/mol. The van der Waals surface area contributed by atoms with Crippen molar-refractivity contribution in [2.45, 2.75) is 6.92 Å². The monoisotopic (exact) mass is 158 g/mol. The minimum atomic E-state index is 0.402. The maximum atomic E-state index is 8.62. The highest BCUT2D eigenvalue weighted by molar-refractivity contribution is 5.42. The van der Waals surface area contributed by atoms with Crippen molar-refractivity contribution in [3.8, 4) is 18.1 Å². The Morgan fingerprint density at radius 3 is 2.67 bits per heavy atom. The van der Waals surface area contributed by atoms with Crippen molar-refractivity contribution in [1.82, 2.24) is 0 Å². The Hall–Kier alpha value is -2.00. The maximum absolute atomic E-state index is 8.62. The van der Waals surface area contributed by atoms with Crippen LogP contribution in [0.15, 0.2) is 18.2 Å². The van der Waals surface area contributed by atoms with E-state index in [1.165, 1.54) is 0 Å². The molecule has 0 aliphatic heterocycles. The Balaban J connectivity index is 3.09. The van der Waals surface area contributed by atoms with Gasteiger partial charge in [-0.2, -0.15) is 5.26 Å². The molecule has 0 aromatic heterocycles. The molecule has 0 aliphatic rings. The molecule has 0 fully saturated rings. The summed E-state index contributed by atoms with van der Waals surface area (Å²) in [6.45, 7) is 1.83. The van der Waals surface area contributed by atoms with E-state index in [2.05, 4.69) is 4.74 Å². The Morgan fingerprint density at radius 2 is 2.08 bits per heavy atom. The van der Waals surface area contributed by atoms with Crippen LogP contribution in [0.3, 0.4) is 0 Å². The molecule has 0 spiro atoms. The van der Waals surface area contributed by atoms with Gasteiger partial charge in [0.05, 0.1) is 11.6 Å². The average Bonchev–Trinajstić information content (AvgIpc) is 2.09. The highest BCUT2D eigenvalue weighted by atomic mass is 16.5. The van der Waals surface area contributed by atoms with E-state index >= 15 is 0 Å². The number of ether oxygens (including phenoxy) is 1. The van der Waals surface area contributed by atoms with Gasteiger partial charge in [-0.25, -0.2) is 0 Å². The topological polar surface area (TPSA) is 56.8 Å². The van der Waals surface area contributed by atoms with Crippen molar-refractivity contribution in [1.29, 1.82) is 10.5 Å². The number of nitriles is 2. The molecule has 0 atom stereocenters. The van der Waals surface area contributed by atoms with Crippen molar-refractivity contribution in [2.24, 2.45) is 0 Å². The van der Waals surface area contributed by atoms with Crippen LogP contribution >= 0.6 is 0 Å². The van der Waals surface area contributed by atoms with Crippen LogP contribution in [-0.2, 0) is 0 Å². The van der Waals surface area contributed by atoms with Crippen LogP contribution in [0.2, 0.25) is 0 Å². The molecule has 3 heteroatoms. The lowest BCUT2D eigenvalue weighted by Crippen LogP contribution is -1.85. The Morgan fingerprint density at radius 1 is 1.33 bits per heavy atom. The predicted molar refractivity (Wildman–Crippen MR) is 42.1 cm³/mol. The van der Waals surface area contributed by atoms with E-state index in [1.807, 2.05) is 13.0 Å². The van der Waals surface area contributed by atoms with Crippen molar-refractivity contribution in [2.75, 3.05) is 0 Å². The summed E-state index contributed by atoms with van der Waals surface area (Å²) >= 11 is 0. The summed E-state index contributed by atoms with van der Waals surface area (Å²) in [5.74, 6) is 0.402. The van der Waals surface area contributed by atoms with Gasteiger partial charge in [0.25, 0.3) is 6.26 Å². The summed E-state index contributed by atoms with van der Waals surface area (Å²) in [6.07, 6.45) is 1.55. The third kappa shape index (κ3) is 1.53. The summed E-state index contributed by atoms with van der Waals surface area (Å²) in [5.41, 5.74) is 1.41. The number of hydrogen-bond donors (Lipinski definition) is 0. The third-order valence-corrected chi connectivity index (χ3v) is 1.49. The van der Waals surface area contributed by atoms with Crippen molar-refractivity contribution < 1.29 is 4.74 Å². The lowest BCUT2D eigenvalue weighted by molar-refractivity contribution is 0.507. The third-order valence-electron chi connectivity index (χ3n) is 1.49.